The SMILES string of the molecule is NS(=O)(=O)c1ccc(C(=O)N2C[C@H]3CN(C=CCc4ccc(OC(F)(F)F)cc4)C[C@H]3C2)cc1. The van der Waals surface area contributed by atoms with Crippen molar-refractivity contribution < 1.29 is 31.1 Å². The Kier molecular flexibility index (Phi) is 6.59. The minimum atomic E-state index is -4.70. The van der Waals surface area contributed by atoms with Crippen molar-refractivity contribution in [2.24, 2.45) is 17.0 Å². The third-order valence-electron chi connectivity index (χ3n) is 6.06. The van der Waals surface area contributed by atoms with Crippen LogP contribution in [0.5, 0.6) is 5.75 Å². The van der Waals surface area contributed by atoms with E-state index in [1.54, 1.807) is 17.0 Å². The number of likely N-dealkylation sites (tertiary alicyclic amines) is 2. The average molecular weight is 496 g/mol. The van der Waals surface area contributed by atoms with Crippen LogP contribution in [0.25, 0.3) is 0 Å². The molecular formula is C23H24F3N3O4S. The highest BCUT2D eigenvalue weighted by Gasteiger charge is 2.41. The van der Waals surface area contributed by atoms with Crippen molar-refractivity contribution in [2.45, 2.75) is 17.7 Å². The minimum absolute atomic E-state index is 0.0321. The highest BCUT2D eigenvalue weighted by Crippen LogP contribution is 2.32. The molecule has 4 rings (SSSR count). The lowest BCUT2D eigenvalue weighted by Crippen LogP contribution is -2.32. The van der Waals surface area contributed by atoms with Gasteiger partial charge in [0.15, 0.2) is 0 Å². The van der Waals surface area contributed by atoms with E-state index < -0.39 is 16.4 Å². The summed E-state index contributed by atoms with van der Waals surface area (Å²) < 4.78 is 63.3. The molecule has 2 aromatic carbocycles. The van der Waals surface area contributed by atoms with E-state index in [4.69, 9.17) is 5.14 Å². The summed E-state index contributed by atoms with van der Waals surface area (Å²) in [7, 11) is -3.80. The van der Waals surface area contributed by atoms with E-state index in [-0.39, 0.29) is 16.6 Å². The van der Waals surface area contributed by atoms with Gasteiger partial charge in [0.25, 0.3) is 5.91 Å². The Morgan fingerprint density at radius 3 is 2.12 bits per heavy atom. The number of primary sulfonamides is 1. The van der Waals surface area contributed by atoms with Crippen LogP contribution >= 0.6 is 0 Å². The fourth-order valence-electron chi connectivity index (χ4n) is 4.45. The van der Waals surface area contributed by atoms with Gasteiger partial charge in [-0.2, -0.15) is 0 Å². The molecule has 2 fully saturated rings. The molecule has 2 heterocycles. The molecule has 1 amide bonds. The first kappa shape index (κ1) is 24.1. The minimum Gasteiger partial charge on any atom is -0.406 e. The van der Waals surface area contributed by atoms with Crippen molar-refractivity contribution in [3.05, 3.63) is 71.9 Å². The highest BCUT2D eigenvalue weighted by molar-refractivity contribution is 7.89. The molecule has 2 atom stereocenters. The van der Waals surface area contributed by atoms with Gasteiger partial charge < -0.3 is 14.5 Å². The van der Waals surface area contributed by atoms with Gasteiger partial charge in [0.2, 0.25) is 10.0 Å². The number of halogens is 3. The summed E-state index contributed by atoms with van der Waals surface area (Å²) >= 11 is 0. The zero-order valence-electron chi connectivity index (χ0n) is 18.1. The lowest BCUT2D eigenvalue weighted by molar-refractivity contribution is -0.274. The maximum atomic E-state index is 12.8. The molecule has 2 aliphatic heterocycles. The molecule has 0 radical (unpaired) electrons. The maximum absolute atomic E-state index is 12.8. The number of amides is 1. The van der Waals surface area contributed by atoms with E-state index in [1.165, 1.54) is 36.4 Å². The van der Waals surface area contributed by atoms with Crippen LogP contribution in [0.2, 0.25) is 0 Å². The van der Waals surface area contributed by atoms with E-state index in [1.807, 2.05) is 12.3 Å². The van der Waals surface area contributed by atoms with Crippen LogP contribution in [0.1, 0.15) is 15.9 Å². The summed E-state index contributed by atoms with van der Waals surface area (Å²) in [5, 5.41) is 5.10. The number of nitrogens with zero attached hydrogens (tertiary/aromatic N) is 2. The summed E-state index contributed by atoms with van der Waals surface area (Å²) in [6.07, 6.45) is -0.155. The van der Waals surface area contributed by atoms with Crippen molar-refractivity contribution in [3.63, 3.8) is 0 Å². The molecule has 11 heteroatoms. The van der Waals surface area contributed by atoms with Gasteiger partial charge in [0.05, 0.1) is 4.90 Å². The Morgan fingerprint density at radius 1 is 1.00 bits per heavy atom. The summed E-state index contributed by atoms with van der Waals surface area (Å²) in [5.74, 6) is 0.314. The second kappa shape index (κ2) is 9.30. The van der Waals surface area contributed by atoms with Crippen LogP contribution in [-0.2, 0) is 16.4 Å². The Bertz CT molecular complexity index is 1150. The van der Waals surface area contributed by atoms with Gasteiger partial charge >= 0.3 is 6.36 Å². The van der Waals surface area contributed by atoms with Gasteiger partial charge in [0, 0.05) is 43.6 Å². The van der Waals surface area contributed by atoms with Crippen LogP contribution in [-0.4, -0.2) is 56.7 Å². The first-order chi connectivity index (χ1) is 16.0. The lowest BCUT2D eigenvalue weighted by Gasteiger charge is -2.21. The second-order valence-corrected chi connectivity index (χ2v) is 10.1. The standard InChI is InChI=1S/C23H24F3N3O4S/c24-23(25,26)33-20-7-3-16(4-8-20)2-1-11-28-12-18-14-29(15-19(18)13-28)22(30)17-5-9-21(10-6-17)34(27,31)32/h1,3-11,18-19H,2,12-15H2,(H2,27,31,32)/t18-,19+. The van der Waals surface area contributed by atoms with Crippen LogP contribution in [0, 0.1) is 11.8 Å². The number of sulfonamides is 1. The molecular weight excluding hydrogens is 471 g/mol. The molecule has 182 valence electrons. The third kappa shape index (κ3) is 5.89. The van der Waals surface area contributed by atoms with Crippen molar-refractivity contribution in [1.29, 1.82) is 0 Å². The quantitative estimate of drug-likeness (QED) is 0.665. The third-order valence-corrected chi connectivity index (χ3v) is 6.99. The number of rotatable bonds is 6. The first-order valence-corrected chi connectivity index (χ1v) is 12.2. The number of hydrogen-bond acceptors (Lipinski definition) is 5. The highest BCUT2D eigenvalue weighted by atomic mass is 32.2. The lowest BCUT2D eigenvalue weighted by atomic mass is 10.0. The van der Waals surface area contributed by atoms with E-state index in [0.29, 0.717) is 36.9 Å². The Hall–Kier alpha value is -3.05. The molecule has 2 aliphatic rings. The van der Waals surface area contributed by atoms with Crippen LogP contribution in [0.15, 0.2) is 65.7 Å². The van der Waals surface area contributed by atoms with Crippen LogP contribution < -0.4 is 9.88 Å². The smallest absolute Gasteiger partial charge is 0.406 e. The molecule has 2 aromatic rings. The van der Waals surface area contributed by atoms with Crippen molar-refractivity contribution >= 4 is 15.9 Å². The number of carbonyl (C=O) groups is 1. The van der Waals surface area contributed by atoms with Crippen LogP contribution in [0.4, 0.5) is 13.2 Å². The fourth-order valence-corrected chi connectivity index (χ4v) is 4.97. The number of benzene rings is 2. The largest absolute Gasteiger partial charge is 0.573 e. The van der Waals surface area contributed by atoms with E-state index in [9.17, 15) is 26.4 Å². The first-order valence-electron chi connectivity index (χ1n) is 10.7. The molecule has 0 aromatic heterocycles. The van der Waals surface area contributed by atoms with Crippen molar-refractivity contribution in [1.82, 2.24) is 9.80 Å². The molecule has 7 nitrogen and oxygen atoms in total. The monoisotopic (exact) mass is 495 g/mol. The normalized spacial score (nSPS) is 20.7. The molecule has 0 bridgehead atoms. The Balaban J connectivity index is 1.26. The fraction of sp³-hybridized carbons (Fsp3) is 0.348. The van der Waals surface area contributed by atoms with E-state index >= 15 is 0 Å². The van der Waals surface area contributed by atoms with E-state index in [2.05, 4.69) is 9.64 Å². The van der Waals surface area contributed by atoms with Crippen molar-refractivity contribution in [3.8, 4) is 5.75 Å². The molecule has 0 unspecified atom stereocenters. The summed E-state index contributed by atoms with van der Waals surface area (Å²) in [6, 6.07) is 11.4. The number of fused-ring (bicyclic) bond motifs is 1. The summed E-state index contributed by atoms with van der Waals surface area (Å²) in [5.41, 5.74) is 1.30. The molecule has 34 heavy (non-hydrogen) atoms. The predicted molar refractivity (Wildman–Crippen MR) is 118 cm³/mol. The maximum Gasteiger partial charge on any atom is 0.573 e. The van der Waals surface area contributed by atoms with Crippen LogP contribution in [0.3, 0.4) is 0 Å². The molecule has 2 saturated heterocycles. The van der Waals surface area contributed by atoms with Gasteiger partial charge in [-0.25, -0.2) is 13.6 Å². The number of hydrogen-bond donors (Lipinski definition) is 1. The van der Waals surface area contributed by atoms with Gasteiger partial charge in [-0.05, 0) is 54.6 Å². The predicted octanol–water partition coefficient (Wildman–Crippen LogP) is 2.99. The number of alkyl halides is 3. The Labute approximate surface area is 195 Å². The number of allylic oxidation sites excluding steroid dienone is 1. The zero-order valence-corrected chi connectivity index (χ0v) is 18.9. The van der Waals surface area contributed by atoms with Crippen molar-refractivity contribution in [2.75, 3.05) is 26.2 Å². The zero-order chi connectivity index (χ0) is 24.5. The number of ether oxygens (including phenoxy) is 1. The number of nitrogens with two attached hydrogens (primary N) is 1. The van der Waals surface area contributed by atoms with E-state index in [0.717, 1.165) is 18.7 Å². The molecule has 0 spiro atoms. The number of carbonyl (C=O) groups excluding carboxylic acids is 1. The van der Waals surface area contributed by atoms with Gasteiger partial charge in [-0.3, -0.25) is 4.79 Å². The average Bonchev–Trinajstić information content (AvgIpc) is 3.32. The summed E-state index contributed by atoms with van der Waals surface area (Å²) in [6.45, 7) is 2.89. The van der Waals surface area contributed by atoms with Gasteiger partial charge in [-0.15, -0.1) is 13.2 Å². The molecule has 0 saturated carbocycles. The topological polar surface area (TPSA) is 92.9 Å². The second-order valence-electron chi connectivity index (χ2n) is 8.53. The Morgan fingerprint density at radius 2 is 1.59 bits per heavy atom. The van der Waals surface area contributed by atoms with Gasteiger partial charge in [0.1, 0.15) is 5.75 Å². The summed E-state index contributed by atoms with van der Waals surface area (Å²) in [4.78, 5) is 16.8. The molecule has 2 N–H and O–H groups in total. The molecule has 0 aliphatic carbocycles. The van der Waals surface area contributed by atoms with Gasteiger partial charge in [-0.1, -0.05) is 18.2 Å².